The van der Waals surface area contributed by atoms with Crippen LogP contribution in [0.4, 0.5) is 5.69 Å². The molecule has 0 saturated carbocycles. The van der Waals surface area contributed by atoms with E-state index in [1.807, 2.05) is 49.4 Å². The largest absolute Gasteiger partial charge is 0.325 e. The third-order valence-electron chi connectivity index (χ3n) is 4.16. The normalized spacial score (nSPS) is 15.8. The van der Waals surface area contributed by atoms with Gasteiger partial charge in [-0.1, -0.05) is 60.4 Å². The molecule has 1 aliphatic heterocycles. The second-order valence-corrected chi connectivity index (χ2v) is 8.20. The van der Waals surface area contributed by atoms with Crippen LogP contribution in [0, 0.1) is 0 Å². The fourth-order valence-electron chi connectivity index (χ4n) is 2.81. The minimum Gasteiger partial charge on any atom is -0.325 e. The van der Waals surface area contributed by atoms with Crippen molar-refractivity contribution in [1.29, 1.82) is 0 Å². The standard InChI is InChI=1S/C22H21N3O2S2/c1-16(13-17-7-3-2-4-8-17)14-19-21(27)25(22(28)29-19)12-6-10-20(26)24-18-9-5-11-23-15-18/h2-5,7-9,11,13-15H,6,10,12H2,1H3,(H,24,26)/b16-13+,19-14-. The number of thioether (sulfide) groups is 1. The number of hydrogen-bond donors (Lipinski definition) is 1. The summed E-state index contributed by atoms with van der Waals surface area (Å²) in [7, 11) is 0. The number of rotatable bonds is 7. The van der Waals surface area contributed by atoms with Crippen molar-refractivity contribution < 1.29 is 9.59 Å². The molecule has 1 saturated heterocycles. The summed E-state index contributed by atoms with van der Waals surface area (Å²) in [5.74, 6) is -0.214. The Balaban J connectivity index is 1.53. The minimum atomic E-state index is -0.111. The Morgan fingerprint density at radius 2 is 2.03 bits per heavy atom. The molecule has 5 nitrogen and oxygen atoms in total. The quantitative estimate of drug-likeness (QED) is 0.519. The molecule has 3 rings (SSSR count). The summed E-state index contributed by atoms with van der Waals surface area (Å²) >= 11 is 6.66. The number of aromatic nitrogens is 1. The number of nitrogens with zero attached hydrogens (tertiary/aromatic N) is 2. The lowest BCUT2D eigenvalue weighted by atomic mass is 10.1. The number of thiocarbonyl (C=S) groups is 1. The highest BCUT2D eigenvalue weighted by Gasteiger charge is 2.31. The number of allylic oxidation sites excluding steroid dienone is 2. The van der Waals surface area contributed by atoms with Gasteiger partial charge < -0.3 is 5.32 Å². The summed E-state index contributed by atoms with van der Waals surface area (Å²) in [5.41, 5.74) is 2.72. The summed E-state index contributed by atoms with van der Waals surface area (Å²) in [6.45, 7) is 2.38. The van der Waals surface area contributed by atoms with E-state index in [0.717, 1.165) is 11.1 Å². The van der Waals surface area contributed by atoms with Crippen molar-refractivity contribution in [2.24, 2.45) is 0 Å². The lowest BCUT2D eigenvalue weighted by Gasteiger charge is -2.14. The minimum absolute atomic E-state index is 0.103. The molecule has 29 heavy (non-hydrogen) atoms. The second-order valence-electron chi connectivity index (χ2n) is 6.53. The molecule has 0 unspecified atom stereocenters. The van der Waals surface area contributed by atoms with Crippen LogP contribution in [0.25, 0.3) is 6.08 Å². The maximum absolute atomic E-state index is 12.7. The van der Waals surface area contributed by atoms with Crippen LogP contribution in [-0.2, 0) is 9.59 Å². The maximum atomic E-state index is 12.7. The Labute approximate surface area is 179 Å². The number of carbonyl (C=O) groups excluding carboxylic acids is 2. The van der Waals surface area contributed by atoms with Crippen LogP contribution >= 0.6 is 24.0 Å². The van der Waals surface area contributed by atoms with Gasteiger partial charge in [0.15, 0.2) is 0 Å². The molecule has 1 fully saturated rings. The van der Waals surface area contributed by atoms with E-state index < -0.39 is 0 Å². The molecule has 1 N–H and O–H groups in total. The number of benzene rings is 1. The van der Waals surface area contributed by atoms with E-state index >= 15 is 0 Å². The van der Waals surface area contributed by atoms with Gasteiger partial charge in [-0.25, -0.2) is 0 Å². The van der Waals surface area contributed by atoms with Crippen molar-refractivity contribution in [3.8, 4) is 0 Å². The Kier molecular flexibility index (Phi) is 7.32. The average Bonchev–Trinajstić information content (AvgIpc) is 2.96. The predicted molar refractivity (Wildman–Crippen MR) is 122 cm³/mol. The van der Waals surface area contributed by atoms with Gasteiger partial charge in [-0.05, 0) is 42.7 Å². The Bertz CT molecular complexity index is 957. The Hall–Kier alpha value is -2.77. The van der Waals surface area contributed by atoms with Crippen LogP contribution in [0.15, 0.2) is 71.4 Å². The van der Waals surface area contributed by atoms with Crippen molar-refractivity contribution in [1.82, 2.24) is 9.88 Å². The first-order valence-electron chi connectivity index (χ1n) is 9.21. The lowest BCUT2D eigenvalue weighted by molar-refractivity contribution is -0.122. The first kappa shape index (κ1) is 21.0. The molecular formula is C22H21N3O2S2. The van der Waals surface area contributed by atoms with Gasteiger partial charge in [0.1, 0.15) is 4.32 Å². The molecule has 0 spiro atoms. The molecule has 1 aromatic carbocycles. The van der Waals surface area contributed by atoms with Gasteiger partial charge in [0.25, 0.3) is 5.91 Å². The fourth-order valence-corrected chi connectivity index (χ4v) is 4.17. The van der Waals surface area contributed by atoms with Crippen molar-refractivity contribution >= 4 is 51.9 Å². The van der Waals surface area contributed by atoms with Crippen molar-refractivity contribution in [3.05, 3.63) is 77.0 Å². The fraction of sp³-hybridized carbons (Fsp3) is 0.182. The molecule has 7 heteroatoms. The molecule has 0 bridgehead atoms. The molecule has 0 atom stereocenters. The van der Waals surface area contributed by atoms with Crippen LogP contribution in [0.2, 0.25) is 0 Å². The smallest absolute Gasteiger partial charge is 0.266 e. The zero-order chi connectivity index (χ0) is 20.6. The van der Waals surface area contributed by atoms with Gasteiger partial charge in [0.2, 0.25) is 5.91 Å². The van der Waals surface area contributed by atoms with Crippen molar-refractivity contribution in [3.63, 3.8) is 0 Å². The third-order valence-corrected chi connectivity index (χ3v) is 5.53. The number of hydrogen-bond acceptors (Lipinski definition) is 5. The van der Waals surface area contributed by atoms with Crippen molar-refractivity contribution in [2.75, 3.05) is 11.9 Å². The van der Waals surface area contributed by atoms with Gasteiger partial charge in [0, 0.05) is 19.2 Å². The summed E-state index contributed by atoms with van der Waals surface area (Å²) in [5, 5.41) is 2.79. The monoisotopic (exact) mass is 423 g/mol. The van der Waals surface area contributed by atoms with E-state index in [4.69, 9.17) is 12.2 Å². The Morgan fingerprint density at radius 1 is 1.24 bits per heavy atom. The molecule has 0 radical (unpaired) electrons. The van der Waals surface area contributed by atoms with Crippen LogP contribution in [-0.4, -0.2) is 32.6 Å². The van der Waals surface area contributed by atoms with Crippen LogP contribution in [0.3, 0.4) is 0 Å². The summed E-state index contributed by atoms with van der Waals surface area (Å²) in [6, 6.07) is 13.5. The number of amides is 2. The van der Waals surface area contributed by atoms with Crippen molar-refractivity contribution in [2.45, 2.75) is 19.8 Å². The highest BCUT2D eigenvalue weighted by atomic mass is 32.2. The first-order chi connectivity index (χ1) is 14.0. The van der Waals surface area contributed by atoms with Gasteiger partial charge >= 0.3 is 0 Å². The number of carbonyl (C=O) groups is 2. The predicted octanol–water partition coefficient (Wildman–Crippen LogP) is 4.65. The summed E-state index contributed by atoms with van der Waals surface area (Å²) < 4.78 is 0.529. The molecular weight excluding hydrogens is 402 g/mol. The van der Waals surface area contributed by atoms with E-state index in [1.165, 1.54) is 11.8 Å². The van der Waals surface area contributed by atoms with Crippen LogP contribution in [0.5, 0.6) is 0 Å². The van der Waals surface area contributed by atoms with E-state index in [-0.39, 0.29) is 11.8 Å². The molecule has 2 amide bonds. The van der Waals surface area contributed by atoms with Gasteiger partial charge in [-0.15, -0.1) is 0 Å². The Morgan fingerprint density at radius 3 is 2.76 bits per heavy atom. The van der Waals surface area contributed by atoms with E-state index in [0.29, 0.717) is 34.3 Å². The van der Waals surface area contributed by atoms with E-state index in [9.17, 15) is 9.59 Å². The van der Waals surface area contributed by atoms with Gasteiger partial charge in [-0.3, -0.25) is 19.5 Å². The third kappa shape index (κ3) is 6.10. The highest BCUT2D eigenvalue weighted by Crippen LogP contribution is 2.32. The van der Waals surface area contributed by atoms with Crippen LogP contribution in [0.1, 0.15) is 25.3 Å². The molecule has 0 aliphatic carbocycles. The summed E-state index contributed by atoms with van der Waals surface area (Å²) in [6.07, 6.45) is 7.96. The lowest BCUT2D eigenvalue weighted by Crippen LogP contribution is -2.29. The number of anilines is 1. The molecule has 2 aromatic rings. The van der Waals surface area contributed by atoms with Gasteiger partial charge in [0.05, 0.1) is 16.8 Å². The number of pyridine rings is 1. The average molecular weight is 424 g/mol. The summed E-state index contributed by atoms with van der Waals surface area (Å²) in [4.78, 5) is 30.9. The molecule has 2 heterocycles. The zero-order valence-corrected chi connectivity index (χ0v) is 17.6. The molecule has 1 aromatic heterocycles. The number of nitrogens with one attached hydrogen (secondary N) is 1. The zero-order valence-electron chi connectivity index (χ0n) is 16.0. The topological polar surface area (TPSA) is 62.3 Å². The van der Waals surface area contributed by atoms with E-state index in [2.05, 4.69) is 10.3 Å². The molecule has 148 valence electrons. The highest BCUT2D eigenvalue weighted by molar-refractivity contribution is 8.26. The maximum Gasteiger partial charge on any atom is 0.266 e. The second kappa shape index (κ2) is 10.1. The van der Waals surface area contributed by atoms with Crippen LogP contribution < -0.4 is 5.32 Å². The molecule has 1 aliphatic rings. The van der Waals surface area contributed by atoms with E-state index in [1.54, 1.807) is 29.4 Å². The van der Waals surface area contributed by atoms with Gasteiger partial charge in [-0.2, -0.15) is 0 Å². The first-order valence-corrected chi connectivity index (χ1v) is 10.4. The SMILES string of the molecule is CC(/C=C1\SC(=S)N(CCCC(=O)Nc2cccnc2)C1=O)=C\c1ccccc1.